The Morgan fingerprint density at radius 2 is 1.33 bits per heavy atom. The van der Waals surface area contributed by atoms with Crippen molar-refractivity contribution in [3.63, 3.8) is 0 Å². The first-order chi connectivity index (χ1) is 10.8. The van der Waals surface area contributed by atoms with Crippen LogP contribution in [0.2, 0.25) is 0 Å². The number of hydrogen-bond acceptors (Lipinski definition) is 3. The third-order valence-electron chi connectivity index (χ3n) is 3.69. The molecule has 24 heavy (non-hydrogen) atoms. The Morgan fingerprint density at radius 1 is 0.875 bits per heavy atom. The average molecular weight is 393 g/mol. The van der Waals surface area contributed by atoms with Crippen LogP contribution >= 0.6 is 15.2 Å². The molecule has 1 aromatic carbocycles. The molecule has 0 aliphatic heterocycles. The van der Waals surface area contributed by atoms with Crippen molar-refractivity contribution in [2.75, 3.05) is 0 Å². The zero-order chi connectivity index (χ0) is 18.4. The fraction of sp³-hybridized carbons (Fsp3) is 0.455. The SMILES string of the molecule is O=P(O)(O)C(NC1CCc2c(F)c(F)c(F)c(F)c2C1)P(=O)(O)O. The Morgan fingerprint density at radius 3 is 1.79 bits per heavy atom. The van der Waals surface area contributed by atoms with Gasteiger partial charge in [-0.25, -0.2) is 17.6 Å². The number of fused-ring (bicyclic) bond motifs is 1. The van der Waals surface area contributed by atoms with Crippen LogP contribution in [0.3, 0.4) is 0 Å². The normalized spacial score (nSPS) is 18.8. The van der Waals surface area contributed by atoms with Crippen molar-refractivity contribution in [2.45, 2.75) is 30.8 Å². The number of benzene rings is 1. The van der Waals surface area contributed by atoms with E-state index in [4.69, 9.17) is 19.6 Å². The van der Waals surface area contributed by atoms with E-state index in [1.54, 1.807) is 0 Å². The molecule has 0 spiro atoms. The predicted octanol–water partition coefficient (Wildman–Crippen LogP) is 1.33. The number of halogens is 4. The number of rotatable bonds is 4. The van der Waals surface area contributed by atoms with Crippen LogP contribution in [0.1, 0.15) is 17.5 Å². The summed E-state index contributed by atoms with van der Waals surface area (Å²) in [4.78, 5) is 36.1. The maximum Gasteiger partial charge on any atom is 0.354 e. The highest BCUT2D eigenvalue weighted by molar-refractivity contribution is 7.70. The second kappa shape index (κ2) is 6.49. The van der Waals surface area contributed by atoms with E-state index in [2.05, 4.69) is 0 Å². The van der Waals surface area contributed by atoms with E-state index in [0.717, 1.165) is 0 Å². The summed E-state index contributed by atoms with van der Waals surface area (Å²) >= 11 is 0. The van der Waals surface area contributed by atoms with Gasteiger partial charge in [0.15, 0.2) is 23.3 Å². The summed E-state index contributed by atoms with van der Waals surface area (Å²) in [6.45, 7) is 0. The van der Waals surface area contributed by atoms with Crippen molar-refractivity contribution in [3.05, 3.63) is 34.4 Å². The molecule has 1 atom stereocenters. The third kappa shape index (κ3) is 3.72. The molecule has 1 aromatic rings. The minimum absolute atomic E-state index is 0.120. The van der Waals surface area contributed by atoms with Crippen molar-refractivity contribution in [1.29, 1.82) is 0 Å². The van der Waals surface area contributed by atoms with Gasteiger partial charge in [0.25, 0.3) is 0 Å². The van der Waals surface area contributed by atoms with Crippen molar-refractivity contribution in [2.24, 2.45) is 0 Å². The summed E-state index contributed by atoms with van der Waals surface area (Å²) in [6.07, 6.45) is -0.946. The molecular weight excluding hydrogens is 380 g/mol. The first-order valence-electron chi connectivity index (χ1n) is 6.54. The molecule has 0 radical (unpaired) electrons. The van der Waals surface area contributed by atoms with Crippen LogP contribution in [0.5, 0.6) is 0 Å². The predicted molar refractivity (Wildman–Crippen MR) is 73.1 cm³/mol. The molecule has 136 valence electrons. The highest BCUT2D eigenvalue weighted by Crippen LogP contribution is 2.58. The van der Waals surface area contributed by atoms with Gasteiger partial charge in [-0.05, 0) is 30.4 Å². The zero-order valence-electron chi connectivity index (χ0n) is 11.8. The quantitative estimate of drug-likeness (QED) is 0.226. The Bertz CT molecular complexity index is 742. The Balaban J connectivity index is 2.34. The summed E-state index contributed by atoms with van der Waals surface area (Å²) in [5.41, 5.74) is -3.48. The van der Waals surface area contributed by atoms with E-state index in [0.29, 0.717) is 0 Å². The maximum atomic E-state index is 13.8. The number of nitrogens with one attached hydrogen (secondary N) is 1. The van der Waals surface area contributed by atoms with Crippen LogP contribution in [0.25, 0.3) is 0 Å². The summed E-state index contributed by atoms with van der Waals surface area (Å²) in [5.74, 6) is -7.17. The monoisotopic (exact) mass is 393 g/mol. The van der Waals surface area contributed by atoms with Crippen LogP contribution in [0.4, 0.5) is 17.6 Å². The summed E-state index contributed by atoms with van der Waals surface area (Å²) in [6, 6.07) is -1.08. The Kier molecular flexibility index (Phi) is 5.28. The summed E-state index contributed by atoms with van der Waals surface area (Å²) in [7, 11) is -10.5. The van der Waals surface area contributed by atoms with Gasteiger partial charge in [0.2, 0.25) is 5.52 Å². The van der Waals surface area contributed by atoms with Crippen molar-refractivity contribution < 1.29 is 46.3 Å². The smallest absolute Gasteiger partial charge is 0.323 e. The van der Waals surface area contributed by atoms with Crippen molar-refractivity contribution >= 4 is 15.2 Å². The fourth-order valence-corrected chi connectivity index (χ4v) is 4.98. The molecule has 0 fully saturated rings. The van der Waals surface area contributed by atoms with Crippen LogP contribution in [-0.4, -0.2) is 31.1 Å². The van der Waals surface area contributed by atoms with Gasteiger partial charge in [-0.1, -0.05) is 0 Å². The topological polar surface area (TPSA) is 127 Å². The van der Waals surface area contributed by atoms with E-state index in [-0.39, 0.29) is 12.8 Å². The summed E-state index contributed by atoms with van der Waals surface area (Å²) in [5, 5.41) is 2.03. The second-order valence-electron chi connectivity index (χ2n) is 5.37. The van der Waals surface area contributed by atoms with Crippen molar-refractivity contribution in [3.8, 4) is 0 Å². The molecule has 7 nitrogen and oxygen atoms in total. The van der Waals surface area contributed by atoms with Crippen LogP contribution in [-0.2, 0) is 22.0 Å². The molecule has 13 heteroatoms. The van der Waals surface area contributed by atoms with Crippen LogP contribution < -0.4 is 5.32 Å². The van der Waals surface area contributed by atoms with E-state index in [1.807, 2.05) is 5.32 Å². The van der Waals surface area contributed by atoms with Crippen LogP contribution in [0, 0.1) is 23.3 Å². The van der Waals surface area contributed by atoms with E-state index in [1.165, 1.54) is 0 Å². The summed E-state index contributed by atoms with van der Waals surface area (Å²) < 4.78 is 76.3. The lowest BCUT2D eigenvalue weighted by Gasteiger charge is -2.30. The minimum atomic E-state index is -5.26. The lowest BCUT2D eigenvalue weighted by atomic mass is 9.87. The van der Waals surface area contributed by atoms with Gasteiger partial charge in [0.05, 0.1) is 0 Å². The first kappa shape index (κ1) is 19.5. The average Bonchev–Trinajstić information content (AvgIpc) is 2.46. The standard InChI is InChI=1S/C11H13F4NO6P2/c12-7-5-2-1-4(3-6(5)8(13)10(15)9(7)14)16-11(23(17,18)19)24(20,21)22/h4,11,16H,1-3H2,(H2,17,18,19)(H2,20,21,22). The van der Waals surface area contributed by atoms with Gasteiger partial charge in [0, 0.05) is 6.04 Å². The lowest BCUT2D eigenvalue weighted by Crippen LogP contribution is -2.42. The molecule has 5 N–H and O–H groups in total. The van der Waals surface area contributed by atoms with E-state index >= 15 is 0 Å². The molecule has 1 unspecified atom stereocenters. The fourth-order valence-electron chi connectivity index (χ4n) is 2.61. The van der Waals surface area contributed by atoms with E-state index in [9.17, 15) is 26.7 Å². The molecule has 0 saturated heterocycles. The third-order valence-corrected chi connectivity index (χ3v) is 7.07. The highest BCUT2D eigenvalue weighted by atomic mass is 31.2. The first-order valence-corrected chi connectivity index (χ1v) is 9.90. The highest BCUT2D eigenvalue weighted by Gasteiger charge is 2.45. The molecule has 1 aliphatic rings. The Labute approximate surface area is 133 Å². The van der Waals surface area contributed by atoms with Crippen LogP contribution in [0.15, 0.2) is 0 Å². The maximum absolute atomic E-state index is 13.8. The second-order valence-corrected chi connectivity index (χ2v) is 9.17. The molecule has 0 bridgehead atoms. The van der Waals surface area contributed by atoms with Gasteiger partial charge < -0.3 is 19.6 Å². The molecule has 0 aromatic heterocycles. The van der Waals surface area contributed by atoms with Gasteiger partial charge >= 0.3 is 15.2 Å². The molecule has 0 amide bonds. The molecule has 1 aliphatic carbocycles. The van der Waals surface area contributed by atoms with Gasteiger partial charge in [-0.3, -0.25) is 14.4 Å². The van der Waals surface area contributed by atoms with Crippen molar-refractivity contribution in [1.82, 2.24) is 5.32 Å². The minimum Gasteiger partial charge on any atom is -0.323 e. The molecule has 0 saturated carbocycles. The van der Waals surface area contributed by atoms with Gasteiger partial charge in [-0.2, -0.15) is 0 Å². The largest absolute Gasteiger partial charge is 0.354 e. The molecular formula is C11H13F4NO6P2. The van der Waals surface area contributed by atoms with E-state index < -0.39 is 67.6 Å². The Hall–Kier alpha value is -0.800. The van der Waals surface area contributed by atoms with Gasteiger partial charge in [-0.15, -0.1) is 0 Å². The molecule has 2 rings (SSSR count). The lowest BCUT2D eigenvalue weighted by molar-refractivity contribution is 0.312. The molecule has 0 heterocycles. The number of hydrogen-bond donors (Lipinski definition) is 5. The van der Waals surface area contributed by atoms with Gasteiger partial charge in [0.1, 0.15) is 0 Å². The zero-order valence-corrected chi connectivity index (χ0v) is 13.6.